The van der Waals surface area contributed by atoms with Crippen molar-refractivity contribution in [3.8, 4) is 0 Å². The first-order valence-electron chi connectivity index (χ1n) is 9.53. The third-order valence-electron chi connectivity index (χ3n) is 5.30. The van der Waals surface area contributed by atoms with Gasteiger partial charge in [0.05, 0.1) is 6.54 Å². The quantitative estimate of drug-likeness (QED) is 0.841. The highest BCUT2D eigenvalue weighted by molar-refractivity contribution is 5.94. The molecule has 0 bridgehead atoms. The summed E-state index contributed by atoms with van der Waals surface area (Å²) >= 11 is 0. The molecule has 0 atom stereocenters. The second-order valence-corrected chi connectivity index (χ2v) is 7.13. The van der Waals surface area contributed by atoms with Crippen LogP contribution in [0.1, 0.15) is 59.8 Å². The zero-order valence-corrected chi connectivity index (χ0v) is 15.0. The zero-order valence-electron chi connectivity index (χ0n) is 15.0. The fraction of sp³-hybridized carbons (Fsp3) is 0.579. The van der Waals surface area contributed by atoms with Gasteiger partial charge in [0.25, 0.3) is 5.91 Å². The Labute approximate surface area is 153 Å². The Morgan fingerprint density at radius 2 is 1.96 bits per heavy atom. The van der Waals surface area contributed by atoms with E-state index >= 15 is 0 Å². The Hall–Kier alpha value is -2.28. The van der Waals surface area contributed by atoms with Gasteiger partial charge in [-0.25, -0.2) is 4.68 Å². The van der Waals surface area contributed by atoms with Gasteiger partial charge in [0.2, 0.25) is 0 Å². The molecule has 1 aromatic carbocycles. The van der Waals surface area contributed by atoms with Crippen molar-refractivity contribution in [3.63, 3.8) is 0 Å². The summed E-state index contributed by atoms with van der Waals surface area (Å²) in [5.41, 5.74) is 1.80. The van der Waals surface area contributed by atoms with E-state index in [2.05, 4.69) is 15.5 Å². The molecule has 2 saturated heterocycles. The van der Waals surface area contributed by atoms with E-state index in [0.29, 0.717) is 12.5 Å². The normalized spacial score (nSPS) is 18.8. The van der Waals surface area contributed by atoms with Gasteiger partial charge in [-0.2, -0.15) is 0 Å². The van der Waals surface area contributed by atoms with Crippen LogP contribution in [0.4, 0.5) is 0 Å². The molecule has 3 heterocycles. The SMILES string of the molecule is O=C(c1cccc(Cn2nnnc2C2CCOCC2)c1)N1CCCCC1. The second-order valence-electron chi connectivity index (χ2n) is 7.13. The van der Waals surface area contributed by atoms with Crippen molar-refractivity contribution in [2.24, 2.45) is 0 Å². The van der Waals surface area contributed by atoms with Gasteiger partial charge in [-0.05, 0) is 60.2 Å². The Morgan fingerprint density at radius 1 is 1.15 bits per heavy atom. The van der Waals surface area contributed by atoms with Crippen LogP contribution < -0.4 is 0 Å². The summed E-state index contributed by atoms with van der Waals surface area (Å²) in [6.07, 6.45) is 5.33. The average molecular weight is 355 g/mol. The van der Waals surface area contributed by atoms with Gasteiger partial charge in [-0.3, -0.25) is 4.79 Å². The predicted octanol–water partition coefficient (Wildman–Crippen LogP) is 2.24. The molecule has 2 aliphatic heterocycles. The summed E-state index contributed by atoms with van der Waals surface area (Å²) in [7, 11) is 0. The lowest BCUT2D eigenvalue weighted by Crippen LogP contribution is -2.35. The van der Waals surface area contributed by atoms with E-state index in [0.717, 1.165) is 68.9 Å². The Kier molecular flexibility index (Phi) is 5.24. The minimum Gasteiger partial charge on any atom is -0.381 e. The molecule has 0 saturated carbocycles. The van der Waals surface area contributed by atoms with Crippen LogP contribution >= 0.6 is 0 Å². The number of likely N-dealkylation sites (tertiary alicyclic amines) is 1. The summed E-state index contributed by atoms with van der Waals surface area (Å²) in [5, 5.41) is 12.3. The van der Waals surface area contributed by atoms with Gasteiger partial charge < -0.3 is 9.64 Å². The first-order chi connectivity index (χ1) is 12.8. The Balaban J connectivity index is 1.49. The van der Waals surface area contributed by atoms with E-state index in [1.54, 1.807) is 0 Å². The fourth-order valence-electron chi connectivity index (χ4n) is 3.83. The van der Waals surface area contributed by atoms with Gasteiger partial charge in [-0.15, -0.1) is 5.10 Å². The van der Waals surface area contributed by atoms with Crippen molar-refractivity contribution in [2.75, 3.05) is 26.3 Å². The summed E-state index contributed by atoms with van der Waals surface area (Å²) < 4.78 is 7.30. The molecule has 0 N–H and O–H groups in total. The zero-order chi connectivity index (χ0) is 17.8. The highest BCUT2D eigenvalue weighted by atomic mass is 16.5. The number of carbonyl (C=O) groups excluding carboxylic acids is 1. The number of hydrogen-bond acceptors (Lipinski definition) is 5. The van der Waals surface area contributed by atoms with Crippen LogP contribution in [0.5, 0.6) is 0 Å². The van der Waals surface area contributed by atoms with Crippen molar-refractivity contribution in [2.45, 2.75) is 44.6 Å². The van der Waals surface area contributed by atoms with Crippen LogP contribution in [0.2, 0.25) is 0 Å². The van der Waals surface area contributed by atoms with E-state index in [9.17, 15) is 4.79 Å². The molecule has 1 amide bonds. The largest absolute Gasteiger partial charge is 0.381 e. The number of tetrazole rings is 1. The Morgan fingerprint density at radius 3 is 2.77 bits per heavy atom. The number of carbonyl (C=O) groups is 1. The lowest BCUT2D eigenvalue weighted by Gasteiger charge is -2.26. The number of benzene rings is 1. The van der Waals surface area contributed by atoms with Crippen molar-refractivity contribution >= 4 is 5.91 Å². The lowest BCUT2D eigenvalue weighted by atomic mass is 9.99. The standard InChI is InChI=1S/C19H25N5O2/c25-19(23-9-2-1-3-10-23)17-6-4-5-15(13-17)14-24-18(20-21-22-24)16-7-11-26-12-8-16/h4-6,13,16H,1-3,7-12,14H2. The van der Waals surface area contributed by atoms with Gasteiger partial charge >= 0.3 is 0 Å². The van der Waals surface area contributed by atoms with Crippen LogP contribution in [-0.4, -0.2) is 57.3 Å². The summed E-state index contributed by atoms with van der Waals surface area (Å²) in [5.74, 6) is 1.39. The third-order valence-corrected chi connectivity index (χ3v) is 5.30. The maximum atomic E-state index is 12.7. The minimum absolute atomic E-state index is 0.132. The summed E-state index contributed by atoms with van der Waals surface area (Å²) in [4.78, 5) is 14.7. The molecule has 0 spiro atoms. The molecular weight excluding hydrogens is 330 g/mol. The molecule has 4 rings (SSSR count). The maximum Gasteiger partial charge on any atom is 0.253 e. The van der Waals surface area contributed by atoms with Crippen LogP contribution in [-0.2, 0) is 11.3 Å². The molecule has 0 unspecified atom stereocenters. The summed E-state index contributed by atoms with van der Waals surface area (Å²) in [6.45, 7) is 3.84. The van der Waals surface area contributed by atoms with Gasteiger partial charge in [0.15, 0.2) is 5.82 Å². The lowest BCUT2D eigenvalue weighted by molar-refractivity contribution is 0.0724. The maximum absolute atomic E-state index is 12.7. The molecule has 7 heteroatoms. The van der Waals surface area contributed by atoms with Crippen molar-refractivity contribution in [1.82, 2.24) is 25.1 Å². The van der Waals surface area contributed by atoms with Crippen LogP contribution in [0.3, 0.4) is 0 Å². The third kappa shape index (κ3) is 3.77. The van der Waals surface area contributed by atoms with Crippen molar-refractivity contribution < 1.29 is 9.53 Å². The van der Waals surface area contributed by atoms with Crippen LogP contribution in [0.25, 0.3) is 0 Å². The van der Waals surface area contributed by atoms with E-state index in [-0.39, 0.29) is 5.91 Å². The van der Waals surface area contributed by atoms with E-state index < -0.39 is 0 Å². The number of rotatable bonds is 4. The molecule has 138 valence electrons. The van der Waals surface area contributed by atoms with Crippen LogP contribution in [0.15, 0.2) is 24.3 Å². The highest BCUT2D eigenvalue weighted by Crippen LogP contribution is 2.25. The van der Waals surface area contributed by atoms with Gasteiger partial charge in [0.1, 0.15) is 0 Å². The predicted molar refractivity (Wildman–Crippen MR) is 95.9 cm³/mol. The van der Waals surface area contributed by atoms with Crippen LogP contribution in [0, 0.1) is 0 Å². The average Bonchev–Trinajstić information content (AvgIpc) is 3.17. The van der Waals surface area contributed by atoms with Gasteiger partial charge in [-0.1, -0.05) is 12.1 Å². The number of ether oxygens (including phenoxy) is 1. The summed E-state index contributed by atoms with van der Waals surface area (Å²) in [6, 6.07) is 7.86. The smallest absolute Gasteiger partial charge is 0.253 e. The topological polar surface area (TPSA) is 73.1 Å². The number of nitrogens with zero attached hydrogens (tertiary/aromatic N) is 5. The first-order valence-corrected chi connectivity index (χ1v) is 9.53. The minimum atomic E-state index is 0.132. The van der Waals surface area contributed by atoms with E-state index in [1.807, 2.05) is 33.8 Å². The molecule has 0 radical (unpaired) electrons. The molecule has 2 aromatic rings. The number of piperidine rings is 1. The molecule has 2 aliphatic rings. The highest BCUT2D eigenvalue weighted by Gasteiger charge is 2.23. The fourth-order valence-corrected chi connectivity index (χ4v) is 3.83. The second kappa shape index (κ2) is 7.95. The molecular formula is C19H25N5O2. The van der Waals surface area contributed by atoms with Crippen molar-refractivity contribution in [3.05, 3.63) is 41.2 Å². The Bertz CT molecular complexity index is 748. The van der Waals surface area contributed by atoms with E-state index in [1.165, 1.54) is 6.42 Å². The number of aromatic nitrogens is 4. The molecule has 26 heavy (non-hydrogen) atoms. The van der Waals surface area contributed by atoms with Crippen molar-refractivity contribution in [1.29, 1.82) is 0 Å². The first kappa shape index (κ1) is 17.1. The monoisotopic (exact) mass is 355 g/mol. The van der Waals surface area contributed by atoms with Gasteiger partial charge in [0, 0.05) is 37.8 Å². The van der Waals surface area contributed by atoms with E-state index in [4.69, 9.17) is 4.74 Å². The molecule has 0 aliphatic carbocycles. The number of amides is 1. The number of hydrogen-bond donors (Lipinski definition) is 0. The molecule has 1 aromatic heterocycles. The molecule has 7 nitrogen and oxygen atoms in total. The molecule has 2 fully saturated rings.